The molecule has 0 aliphatic carbocycles. The molecule has 3 aromatic rings. The van der Waals surface area contributed by atoms with Gasteiger partial charge in [0.15, 0.2) is 0 Å². The zero-order valence-electron chi connectivity index (χ0n) is 16.7. The molecule has 0 saturated heterocycles. The third-order valence-electron chi connectivity index (χ3n) is 5.02. The van der Waals surface area contributed by atoms with Crippen molar-refractivity contribution in [3.63, 3.8) is 0 Å². The average molecular weight is 386 g/mol. The van der Waals surface area contributed by atoms with Crippen LogP contribution in [0.2, 0.25) is 0 Å². The topological polar surface area (TPSA) is 43.4 Å². The molecular formula is C26H26O3. The van der Waals surface area contributed by atoms with Gasteiger partial charge in [0.05, 0.1) is 7.11 Å². The Balaban J connectivity index is 1.71. The van der Waals surface area contributed by atoms with Gasteiger partial charge in [-0.2, -0.15) is 0 Å². The lowest BCUT2D eigenvalue weighted by atomic mass is 9.86. The fourth-order valence-corrected chi connectivity index (χ4v) is 3.52. The normalized spacial score (nSPS) is 10.7. The second-order valence-electron chi connectivity index (χ2n) is 7.28. The molecule has 29 heavy (non-hydrogen) atoms. The molecule has 0 unspecified atom stereocenters. The summed E-state index contributed by atoms with van der Waals surface area (Å²) in [5.74, 6) is 0.918. The first kappa shape index (κ1) is 20.5. The number of benzene rings is 3. The molecule has 0 bridgehead atoms. The lowest BCUT2D eigenvalue weighted by Gasteiger charge is -2.17. The van der Waals surface area contributed by atoms with Crippen LogP contribution in [0.4, 0.5) is 0 Å². The minimum atomic E-state index is -0.131. The number of rotatable bonds is 10. The van der Waals surface area contributed by atoms with Crippen LogP contribution in [0.3, 0.4) is 0 Å². The molecule has 0 aliphatic heterocycles. The molecule has 0 aromatic heterocycles. The predicted molar refractivity (Wildman–Crippen MR) is 115 cm³/mol. The van der Waals surface area contributed by atoms with Crippen molar-refractivity contribution >= 4 is 11.6 Å². The van der Waals surface area contributed by atoms with Crippen LogP contribution in [0.25, 0.3) is 0 Å². The van der Waals surface area contributed by atoms with Crippen LogP contribution in [-0.2, 0) is 22.4 Å². The summed E-state index contributed by atoms with van der Waals surface area (Å²) in [6.07, 6.45) is 1.48. The summed E-state index contributed by atoms with van der Waals surface area (Å²) in [7, 11) is 1.62. The Morgan fingerprint density at radius 3 is 1.55 bits per heavy atom. The molecule has 148 valence electrons. The van der Waals surface area contributed by atoms with E-state index in [0.717, 1.165) is 22.4 Å². The van der Waals surface area contributed by atoms with Crippen molar-refractivity contribution in [2.45, 2.75) is 31.6 Å². The second-order valence-corrected chi connectivity index (χ2v) is 7.28. The molecule has 0 saturated carbocycles. The third kappa shape index (κ3) is 6.42. The van der Waals surface area contributed by atoms with Crippen molar-refractivity contribution in [3.8, 4) is 5.75 Å². The van der Waals surface area contributed by atoms with Crippen molar-refractivity contribution in [3.05, 3.63) is 102 Å². The molecule has 0 fully saturated rings. The summed E-state index contributed by atoms with van der Waals surface area (Å²) in [6, 6.07) is 27.1. The Kier molecular flexibility index (Phi) is 7.34. The molecule has 0 atom stereocenters. The van der Waals surface area contributed by atoms with Gasteiger partial charge >= 0.3 is 0 Å². The molecule has 0 amide bonds. The number of carbonyl (C=O) groups is 2. The van der Waals surface area contributed by atoms with Gasteiger partial charge < -0.3 is 4.74 Å². The van der Waals surface area contributed by atoms with Crippen LogP contribution < -0.4 is 4.74 Å². The summed E-state index contributed by atoms with van der Waals surface area (Å²) in [4.78, 5) is 25.4. The number of hydrogen-bond donors (Lipinski definition) is 0. The number of methoxy groups -OCH3 is 1. The van der Waals surface area contributed by atoms with E-state index in [1.54, 1.807) is 7.11 Å². The summed E-state index contributed by atoms with van der Waals surface area (Å²) >= 11 is 0. The Bertz CT molecular complexity index is 860. The number of hydrogen-bond acceptors (Lipinski definition) is 3. The van der Waals surface area contributed by atoms with Gasteiger partial charge in [0, 0.05) is 25.7 Å². The number of carbonyl (C=O) groups excluding carboxylic acids is 2. The van der Waals surface area contributed by atoms with Crippen LogP contribution in [0.1, 0.15) is 35.4 Å². The molecule has 3 aromatic carbocycles. The summed E-state index contributed by atoms with van der Waals surface area (Å²) in [5.41, 5.74) is 3.00. The molecule has 0 N–H and O–H groups in total. The first-order valence-corrected chi connectivity index (χ1v) is 9.89. The SMILES string of the molecule is COc1ccc(C(CC(=O)Cc2ccccc2)CC(=O)Cc2ccccc2)cc1. The average Bonchev–Trinajstić information content (AvgIpc) is 2.74. The van der Waals surface area contributed by atoms with Crippen molar-refractivity contribution < 1.29 is 14.3 Å². The highest BCUT2D eigenvalue weighted by Crippen LogP contribution is 2.27. The summed E-state index contributed by atoms with van der Waals surface area (Å²) in [5, 5.41) is 0. The molecule has 3 heteroatoms. The van der Waals surface area contributed by atoms with Gasteiger partial charge in [0.2, 0.25) is 0 Å². The lowest BCUT2D eigenvalue weighted by molar-refractivity contribution is -0.120. The van der Waals surface area contributed by atoms with E-state index in [-0.39, 0.29) is 17.5 Å². The lowest BCUT2D eigenvalue weighted by Crippen LogP contribution is -2.15. The van der Waals surface area contributed by atoms with Gasteiger partial charge in [-0.3, -0.25) is 9.59 Å². The van der Waals surface area contributed by atoms with Gasteiger partial charge in [0.1, 0.15) is 17.3 Å². The number of Topliss-reactive ketones (excluding diaryl/α,β-unsaturated/α-hetero) is 2. The first-order valence-electron chi connectivity index (χ1n) is 9.89. The van der Waals surface area contributed by atoms with E-state index in [1.165, 1.54) is 0 Å². The van der Waals surface area contributed by atoms with Crippen LogP contribution in [0.15, 0.2) is 84.9 Å². The summed E-state index contributed by atoms with van der Waals surface area (Å²) < 4.78 is 5.24. The van der Waals surface area contributed by atoms with Crippen molar-refractivity contribution in [2.24, 2.45) is 0 Å². The van der Waals surface area contributed by atoms with Crippen LogP contribution >= 0.6 is 0 Å². The quantitative estimate of drug-likeness (QED) is 0.482. The molecule has 0 aliphatic rings. The molecule has 0 spiro atoms. The highest BCUT2D eigenvalue weighted by molar-refractivity contribution is 5.85. The zero-order valence-corrected chi connectivity index (χ0v) is 16.7. The highest BCUT2D eigenvalue weighted by Gasteiger charge is 2.20. The molecular weight excluding hydrogens is 360 g/mol. The van der Waals surface area contributed by atoms with Crippen LogP contribution in [0, 0.1) is 0 Å². The number of ether oxygens (including phenoxy) is 1. The van der Waals surface area contributed by atoms with Crippen molar-refractivity contribution in [1.29, 1.82) is 0 Å². The monoisotopic (exact) mass is 386 g/mol. The Labute approximate surface area is 172 Å². The largest absolute Gasteiger partial charge is 0.497 e. The van der Waals surface area contributed by atoms with Gasteiger partial charge in [-0.15, -0.1) is 0 Å². The van der Waals surface area contributed by atoms with E-state index < -0.39 is 0 Å². The minimum absolute atomic E-state index is 0.131. The van der Waals surface area contributed by atoms with E-state index in [1.807, 2.05) is 84.9 Å². The maximum absolute atomic E-state index is 12.7. The van der Waals surface area contributed by atoms with E-state index in [2.05, 4.69) is 0 Å². The molecule has 3 nitrogen and oxygen atoms in total. The van der Waals surface area contributed by atoms with E-state index in [9.17, 15) is 9.59 Å². The highest BCUT2D eigenvalue weighted by atomic mass is 16.5. The van der Waals surface area contributed by atoms with Gasteiger partial charge in [-0.25, -0.2) is 0 Å². The summed E-state index contributed by atoms with van der Waals surface area (Å²) in [6.45, 7) is 0. The third-order valence-corrected chi connectivity index (χ3v) is 5.02. The Morgan fingerprint density at radius 1 is 0.690 bits per heavy atom. The van der Waals surface area contributed by atoms with Crippen LogP contribution in [0.5, 0.6) is 5.75 Å². The minimum Gasteiger partial charge on any atom is -0.497 e. The molecule has 3 rings (SSSR count). The zero-order chi connectivity index (χ0) is 20.5. The molecule has 0 radical (unpaired) electrons. The number of ketones is 2. The van der Waals surface area contributed by atoms with E-state index >= 15 is 0 Å². The fourth-order valence-electron chi connectivity index (χ4n) is 3.52. The molecule has 0 heterocycles. The van der Waals surface area contributed by atoms with E-state index in [4.69, 9.17) is 4.74 Å². The maximum Gasteiger partial charge on any atom is 0.137 e. The first-order chi connectivity index (χ1) is 14.1. The smallest absolute Gasteiger partial charge is 0.137 e. The van der Waals surface area contributed by atoms with Gasteiger partial charge in [-0.1, -0.05) is 72.8 Å². The van der Waals surface area contributed by atoms with Gasteiger partial charge in [-0.05, 0) is 34.7 Å². The van der Waals surface area contributed by atoms with Crippen molar-refractivity contribution in [2.75, 3.05) is 7.11 Å². The second kappa shape index (κ2) is 10.4. The maximum atomic E-state index is 12.7. The van der Waals surface area contributed by atoms with Crippen LogP contribution in [-0.4, -0.2) is 18.7 Å². The standard InChI is InChI=1S/C26H26O3/c1-29-26-14-12-22(13-15-26)23(18-24(27)16-20-8-4-2-5-9-20)19-25(28)17-21-10-6-3-7-11-21/h2-15,23H,16-19H2,1H3. The van der Waals surface area contributed by atoms with E-state index in [0.29, 0.717) is 25.7 Å². The predicted octanol–water partition coefficient (Wildman–Crippen LogP) is 5.18. The van der Waals surface area contributed by atoms with Gasteiger partial charge in [0.25, 0.3) is 0 Å². The fraction of sp³-hybridized carbons (Fsp3) is 0.231. The Morgan fingerprint density at radius 2 is 1.14 bits per heavy atom. The Hall–Kier alpha value is -3.20. The van der Waals surface area contributed by atoms with Crippen molar-refractivity contribution in [1.82, 2.24) is 0 Å².